The fraction of sp³-hybridized carbons (Fsp3) is 0.154. The number of pyridine rings is 1. The number of aromatic nitrogens is 1. The molecular weight excluding hydrogens is 346 g/mol. The number of benzene rings is 1. The Morgan fingerprint density at radius 1 is 1.18 bits per heavy atom. The van der Waals surface area contributed by atoms with Gasteiger partial charge in [-0.1, -0.05) is 37.9 Å². The second-order valence-corrected chi connectivity index (χ2v) is 5.63. The summed E-state index contributed by atoms with van der Waals surface area (Å²) in [5.74, 6) is 0. The van der Waals surface area contributed by atoms with Crippen LogP contribution in [0.25, 0.3) is 0 Å². The minimum Gasteiger partial charge on any atom is -0.384 e. The third-order valence-corrected chi connectivity index (χ3v) is 3.68. The largest absolute Gasteiger partial charge is 0.384 e. The summed E-state index contributed by atoms with van der Waals surface area (Å²) in [6.07, 6.45) is 2.78. The van der Waals surface area contributed by atoms with Crippen molar-refractivity contribution in [3.05, 3.63) is 62.3 Å². The smallest absolute Gasteiger partial charge is 0.107 e. The van der Waals surface area contributed by atoms with E-state index in [1.54, 1.807) is 12.4 Å². The lowest BCUT2D eigenvalue weighted by atomic mass is 10.0. The van der Waals surface area contributed by atoms with Gasteiger partial charge < -0.3 is 5.11 Å². The van der Waals surface area contributed by atoms with Crippen LogP contribution < -0.4 is 0 Å². The molecule has 0 fully saturated rings. The van der Waals surface area contributed by atoms with Gasteiger partial charge in [0.15, 0.2) is 0 Å². The zero-order valence-corrected chi connectivity index (χ0v) is 12.4. The SMILES string of the molecule is Cc1cncc(C(O)c2cc(Br)ccc2Br)c1. The predicted molar refractivity (Wildman–Crippen MR) is 74.9 cm³/mol. The molecule has 17 heavy (non-hydrogen) atoms. The third kappa shape index (κ3) is 2.94. The Kier molecular flexibility index (Phi) is 3.97. The molecule has 4 heteroatoms. The molecule has 2 aromatic rings. The minimum absolute atomic E-state index is 0.672. The van der Waals surface area contributed by atoms with Gasteiger partial charge in [-0.3, -0.25) is 4.98 Å². The Hall–Kier alpha value is -0.710. The molecule has 1 aromatic carbocycles. The highest BCUT2D eigenvalue weighted by Crippen LogP contribution is 2.30. The van der Waals surface area contributed by atoms with Crippen LogP contribution in [0.4, 0.5) is 0 Å². The van der Waals surface area contributed by atoms with E-state index in [-0.39, 0.29) is 0 Å². The number of aliphatic hydroxyl groups excluding tert-OH is 1. The van der Waals surface area contributed by atoms with Crippen molar-refractivity contribution >= 4 is 31.9 Å². The summed E-state index contributed by atoms with van der Waals surface area (Å²) in [6.45, 7) is 1.96. The molecule has 1 heterocycles. The van der Waals surface area contributed by atoms with Gasteiger partial charge in [-0.15, -0.1) is 0 Å². The van der Waals surface area contributed by atoms with Gasteiger partial charge in [-0.2, -0.15) is 0 Å². The van der Waals surface area contributed by atoms with Crippen molar-refractivity contribution < 1.29 is 5.11 Å². The van der Waals surface area contributed by atoms with Crippen LogP contribution in [-0.2, 0) is 0 Å². The monoisotopic (exact) mass is 355 g/mol. The normalized spacial score (nSPS) is 12.5. The highest BCUT2D eigenvalue weighted by atomic mass is 79.9. The number of hydrogen-bond acceptors (Lipinski definition) is 2. The molecule has 2 rings (SSSR count). The molecule has 0 aliphatic carbocycles. The van der Waals surface area contributed by atoms with Crippen molar-refractivity contribution in [3.63, 3.8) is 0 Å². The second kappa shape index (κ2) is 5.29. The summed E-state index contributed by atoms with van der Waals surface area (Å²) in [4.78, 5) is 4.10. The molecule has 0 bridgehead atoms. The molecule has 1 aromatic heterocycles. The summed E-state index contributed by atoms with van der Waals surface area (Å²) in [6, 6.07) is 7.67. The van der Waals surface area contributed by atoms with Crippen molar-refractivity contribution in [1.82, 2.24) is 4.98 Å². The van der Waals surface area contributed by atoms with Gasteiger partial charge >= 0.3 is 0 Å². The molecule has 0 spiro atoms. The van der Waals surface area contributed by atoms with E-state index in [0.717, 1.165) is 25.6 Å². The zero-order chi connectivity index (χ0) is 12.4. The molecule has 0 radical (unpaired) electrons. The first-order valence-corrected chi connectivity index (χ1v) is 6.71. The average Bonchev–Trinajstić information content (AvgIpc) is 2.31. The lowest BCUT2D eigenvalue weighted by Crippen LogP contribution is -2.01. The maximum atomic E-state index is 10.3. The third-order valence-electron chi connectivity index (χ3n) is 2.46. The quantitative estimate of drug-likeness (QED) is 0.882. The van der Waals surface area contributed by atoms with Gasteiger partial charge in [-0.25, -0.2) is 0 Å². The summed E-state index contributed by atoms with van der Waals surface area (Å²) in [7, 11) is 0. The number of aliphatic hydroxyl groups is 1. The summed E-state index contributed by atoms with van der Waals surface area (Å²) >= 11 is 6.85. The number of rotatable bonds is 2. The molecule has 0 aliphatic rings. The van der Waals surface area contributed by atoms with E-state index < -0.39 is 6.10 Å². The van der Waals surface area contributed by atoms with E-state index >= 15 is 0 Å². The second-order valence-electron chi connectivity index (χ2n) is 3.86. The first-order valence-electron chi connectivity index (χ1n) is 5.12. The van der Waals surface area contributed by atoms with Crippen LogP contribution in [0.2, 0.25) is 0 Å². The molecule has 0 saturated heterocycles. The Labute approximate surface area is 117 Å². The molecule has 1 unspecified atom stereocenters. The molecule has 88 valence electrons. The van der Waals surface area contributed by atoms with Crippen LogP contribution in [0, 0.1) is 6.92 Å². The Morgan fingerprint density at radius 2 is 1.94 bits per heavy atom. The van der Waals surface area contributed by atoms with Crippen molar-refractivity contribution in [2.75, 3.05) is 0 Å². The van der Waals surface area contributed by atoms with E-state index in [1.807, 2.05) is 31.2 Å². The average molecular weight is 357 g/mol. The standard InChI is InChI=1S/C13H11Br2NO/c1-8-4-9(7-16-6-8)13(17)11-5-10(14)2-3-12(11)15/h2-7,13,17H,1H3. The zero-order valence-electron chi connectivity index (χ0n) is 9.19. The van der Waals surface area contributed by atoms with Crippen molar-refractivity contribution in [3.8, 4) is 0 Å². The van der Waals surface area contributed by atoms with Crippen LogP contribution in [0.1, 0.15) is 22.8 Å². The Morgan fingerprint density at radius 3 is 2.65 bits per heavy atom. The Bertz CT molecular complexity index is 543. The van der Waals surface area contributed by atoms with E-state index in [1.165, 1.54) is 0 Å². The summed E-state index contributed by atoms with van der Waals surface area (Å²) in [5, 5.41) is 10.3. The van der Waals surface area contributed by atoms with Crippen molar-refractivity contribution in [1.29, 1.82) is 0 Å². The predicted octanol–water partition coefficient (Wildman–Crippen LogP) is 4.00. The fourth-order valence-electron chi connectivity index (χ4n) is 1.63. The van der Waals surface area contributed by atoms with Crippen LogP contribution in [0.5, 0.6) is 0 Å². The van der Waals surface area contributed by atoms with Crippen LogP contribution in [0.3, 0.4) is 0 Å². The van der Waals surface area contributed by atoms with Gasteiger partial charge in [0.25, 0.3) is 0 Å². The number of nitrogens with zero attached hydrogens (tertiary/aromatic N) is 1. The summed E-state index contributed by atoms with van der Waals surface area (Å²) < 4.78 is 1.82. The van der Waals surface area contributed by atoms with Gasteiger partial charge in [0, 0.05) is 32.5 Å². The number of hydrogen-bond donors (Lipinski definition) is 1. The lowest BCUT2D eigenvalue weighted by molar-refractivity contribution is 0.219. The molecule has 1 N–H and O–H groups in total. The van der Waals surface area contributed by atoms with Gasteiger partial charge in [-0.05, 0) is 30.7 Å². The van der Waals surface area contributed by atoms with Crippen molar-refractivity contribution in [2.24, 2.45) is 0 Å². The van der Waals surface area contributed by atoms with E-state index in [0.29, 0.717) is 0 Å². The number of halogens is 2. The minimum atomic E-state index is -0.672. The molecule has 2 nitrogen and oxygen atoms in total. The van der Waals surface area contributed by atoms with Gasteiger partial charge in [0.2, 0.25) is 0 Å². The number of aryl methyl sites for hydroxylation is 1. The van der Waals surface area contributed by atoms with Gasteiger partial charge in [0.05, 0.1) is 0 Å². The van der Waals surface area contributed by atoms with Crippen LogP contribution in [-0.4, -0.2) is 10.1 Å². The molecule has 0 amide bonds. The summed E-state index contributed by atoms with van der Waals surface area (Å²) in [5.41, 5.74) is 2.66. The molecule has 0 saturated carbocycles. The van der Waals surface area contributed by atoms with E-state index in [4.69, 9.17) is 0 Å². The maximum Gasteiger partial charge on any atom is 0.107 e. The Balaban J connectivity index is 2.43. The first kappa shape index (κ1) is 12.7. The highest BCUT2D eigenvalue weighted by molar-refractivity contribution is 9.11. The van der Waals surface area contributed by atoms with Crippen LogP contribution in [0.15, 0.2) is 45.6 Å². The molecule has 0 aliphatic heterocycles. The lowest BCUT2D eigenvalue weighted by Gasteiger charge is -2.13. The molecule has 1 atom stereocenters. The first-order chi connectivity index (χ1) is 8.08. The van der Waals surface area contributed by atoms with E-state index in [2.05, 4.69) is 36.8 Å². The highest BCUT2D eigenvalue weighted by Gasteiger charge is 2.14. The topological polar surface area (TPSA) is 33.1 Å². The van der Waals surface area contributed by atoms with Crippen molar-refractivity contribution in [2.45, 2.75) is 13.0 Å². The van der Waals surface area contributed by atoms with Crippen LogP contribution >= 0.6 is 31.9 Å². The van der Waals surface area contributed by atoms with E-state index in [9.17, 15) is 5.11 Å². The maximum absolute atomic E-state index is 10.3. The molecular formula is C13H11Br2NO. The van der Waals surface area contributed by atoms with Gasteiger partial charge in [0.1, 0.15) is 6.10 Å². The fourth-order valence-corrected chi connectivity index (χ4v) is 2.47.